The highest BCUT2D eigenvalue weighted by molar-refractivity contribution is 7.89. The SMILES string of the molecule is CCOC(=O)CCn1c2c(c3ccccc31)C[C@@H](NS(=O)(=O)c1ccc(F)cc1)CC2. The predicted octanol–water partition coefficient (Wildman–Crippen LogP) is 3.57. The number of carbonyl (C=O) groups is 1. The fourth-order valence-corrected chi connectivity index (χ4v) is 5.56. The molecule has 0 amide bonds. The lowest BCUT2D eigenvalue weighted by Gasteiger charge is -2.25. The molecule has 0 saturated heterocycles. The minimum absolute atomic E-state index is 0.0524. The molecule has 8 heteroatoms. The normalized spacial score (nSPS) is 16.3. The number of fused-ring (bicyclic) bond motifs is 3. The maximum atomic E-state index is 13.2. The second kappa shape index (κ2) is 8.80. The van der Waals surface area contributed by atoms with Gasteiger partial charge in [-0.15, -0.1) is 0 Å². The van der Waals surface area contributed by atoms with Gasteiger partial charge in [-0.1, -0.05) is 18.2 Å². The summed E-state index contributed by atoms with van der Waals surface area (Å²) in [5.74, 6) is -0.702. The number of ether oxygens (including phenoxy) is 1. The van der Waals surface area contributed by atoms with Crippen LogP contribution in [0, 0.1) is 5.82 Å². The molecule has 0 unspecified atom stereocenters. The van der Waals surface area contributed by atoms with Crippen LogP contribution in [0.25, 0.3) is 10.9 Å². The number of hydrogen-bond acceptors (Lipinski definition) is 4. The highest BCUT2D eigenvalue weighted by Gasteiger charge is 2.28. The number of para-hydroxylation sites is 1. The van der Waals surface area contributed by atoms with Gasteiger partial charge < -0.3 is 9.30 Å². The third-order valence-electron chi connectivity index (χ3n) is 5.66. The molecule has 0 fully saturated rings. The van der Waals surface area contributed by atoms with Crippen LogP contribution in [0.15, 0.2) is 53.4 Å². The molecule has 1 N–H and O–H groups in total. The molecule has 164 valence electrons. The van der Waals surface area contributed by atoms with Crippen LogP contribution in [0.4, 0.5) is 4.39 Å². The second-order valence-electron chi connectivity index (χ2n) is 7.66. The second-order valence-corrected chi connectivity index (χ2v) is 9.38. The van der Waals surface area contributed by atoms with E-state index in [1.54, 1.807) is 6.92 Å². The van der Waals surface area contributed by atoms with Gasteiger partial charge in [0.25, 0.3) is 0 Å². The first kappa shape index (κ1) is 21.5. The molecule has 4 rings (SSSR count). The van der Waals surface area contributed by atoms with Crippen molar-refractivity contribution in [2.24, 2.45) is 0 Å². The number of aryl methyl sites for hydroxylation is 1. The van der Waals surface area contributed by atoms with Crippen molar-refractivity contribution >= 4 is 26.9 Å². The van der Waals surface area contributed by atoms with Gasteiger partial charge in [-0.25, -0.2) is 17.5 Å². The van der Waals surface area contributed by atoms with E-state index in [9.17, 15) is 17.6 Å². The van der Waals surface area contributed by atoms with Crippen molar-refractivity contribution in [3.05, 3.63) is 65.6 Å². The Morgan fingerprint density at radius 3 is 2.68 bits per heavy atom. The summed E-state index contributed by atoms with van der Waals surface area (Å²) in [7, 11) is -3.74. The van der Waals surface area contributed by atoms with E-state index in [0.717, 1.165) is 34.3 Å². The van der Waals surface area contributed by atoms with Crippen molar-refractivity contribution in [3.63, 3.8) is 0 Å². The number of sulfonamides is 1. The minimum Gasteiger partial charge on any atom is -0.466 e. The summed E-state index contributed by atoms with van der Waals surface area (Å²) in [5.41, 5.74) is 3.29. The first-order chi connectivity index (χ1) is 14.9. The Balaban J connectivity index is 1.58. The van der Waals surface area contributed by atoms with Gasteiger partial charge in [0, 0.05) is 29.2 Å². The molecule has 2 aromatic carbocycles. The molecule has 0 spiro atoms. The van der Waals surface area contributed by atoms with Gasteiger partial charge in [-0.3, -0.25) is 4.79 Å². The van der Waals surface area contributed by atoms with E-state index in [1.165, 1.54) is 12.1 Å². The molecule has 1 aliphatic carbocycles. The summed E-state index contributed by atoms with van der Waals surface area (Å²) in [6.07, 6.45) is 2.19. The summed E-state index contributed by atoms with van der Waals surface area (Å²) in [5, 5.41) is 1.08. The van der Waals surface area contributed by atoms with Crippen LogP contribution in [-0.2, 0) is 38.9 Å². The largest absolute Gasteiger partial charge is 0.466 e. The van der Waals surface area contributed by atoms with Gasteiger partial charge in [-0.2, -0.15) is 0 Å². The smallest absolute Gasteiger partial charge is 0.307 e. The monoisotopic (exact) mass is 444 g/mol. The number of nitrogens with one attached hydrogen (secondary N) is 1. The average molecular weight is 445 g/mol. The van der Waals surface area contributed by atoms with Crippen molar-refractivity contribution in [3.8, 4) is 0 Å². The summed E-state index contributed by atoms with van der Waals surface area (Å²) in [6, 6.07) is 12.6. The molecule has 1 atom stereocenters. The quantitative estimate of drug-likeness (QED) is 0.565. The zero-order valence-corrected chi connectivity index (χ0v) is 18.1. The Hall–Kier alpha value is -2.71. The van der Waals surface area contributed by atoms with Crippen LogP contribution in [0.3, 0.4) is 0 Å². The molecule has 1 aromatic heterocycles. The van der Waals surface area contributed by atoms with Crippen LogP contribution in [0.5, 0.6) is 0 Å². The minimum atomic E-state index is -3.74. The maximum Gasteiger partial charge on any atom is 0.307 e. The number of carbonyl (C=O) groups excluding carboxylic acids is 1. The highest BCUT2D eigenvalue weighted by Crippen LogP contribution is 2.33. The molecule has 6 nitrogen and oxygen atoms in total. The lowest BCUT2D eigenvalue weighted by molar-refractivity contribution is -0.143. The van der Waals surface area contributed by atoms with E-state index in [4.69, 9.17) is 4.74 Å². The number of halogens is 1. The predicted molar refractivity (Wildman–Crippen MR) is 116 cm³/mol. The maximum absolute atomic E-state index is 13.2. The third kappa shape index (κ3) is 4.50. The van der Waals surface area contributed by atoms with Crippen LogP contribution in [0.2, 0.25) is 0 Å². The fourth-order valence-electron chi connectivity index (χ4n) is 4.29. The van der Waals surface area contributed by atoms with E-state index in [2.05, 4.69) is 9.29 Å². The lowest BCUT2D eigenvalue weighted by atomic mass is 9.92. The Morgan fingerprint density at radius 1 is 1.19 bits per heavy atom. The molecule has 0 aliphatic heterocycles. The number of esters is 1. The van der Waals surface area contributed by atoms with Crippen molar-refractivity contribution in [2.75, 3.05) is 6.61 Å². The molecule has 31 heavy (non-hydrogen) atoms. The van der Waals surface area contributed by atoms with E-state index >= 15 is 0 Å². The average Bonchev–Trinajstić information content (AvgIpc) is 3.06. The van der Waals surface area contributed by atoms with Gasteiger partial charge >= 0.3 is 5.97 Å². The summed E-state index contributed by atoms with van der Waals surface area (Å²) in [6.45, 7) is 2.68. The highest BCUT2D eigenvalue weighted by atomic mass is 32.2. The fraction of sp³-hybridized carbons (Fsp3) is 0.348. The Kier molecular flexibility index (Phi) is 6.11. The molecule has 3 aromatic rings. The lowest BCUT2D eigenvalue weighted by Crippen LogP contribution is -2.39. The van der Waals surface area contributed by atoms with Crippen LogP contribution in [-0.4, -0.2) is 31.6 Å². The zero-order valence-electron chi connectivity index (χ0n) is 17.3. The number of benzene rings is 2. The van der Waals surface area contributed by atoms with Crippen molar-refractivity contribution in [1.29, 1.82) is 0 Å². The molecule has 0 bridgehead atoms. The summed E-state index contributed by atoms with van der Waals surface area (Å²) in [4.78, 5) is 11.9. The molecular weight excluding hydrogens is 419 g/mol. The zero-order chi connectivity index (χ0) is 22.0. The summed E-state index contributed by atoms with van der Waals surface area (Å²) < 4.78 is 48.6. The molecule has 0 saturated carbocycles. The standard InChI is InChI=1S/C23H25FN2O4S/c1-2-30-23(27)13-14-26-21-6-4-3-5-19(21)20-15-17(9-12-22(20)26)25-31(28,29)18-10-7-16(24)8-11-18/h3-8,10-11,17,25H,2,9,12-15H2,1H3/t17-/m0/s1. The van der Waals surface area contributed by atoms with Gasteiger partial charge in [-0.05, 0) is 62.1 Å². The first-order valence-electron chi connectivity index (χ1n) is 10.4. The van der Waals surface area contributed by atoms with E-state index in [1.807, 2.05) is 24.3 Å². The van der Waals surface area contributed by atoms with E-state index in [0.29, 0.717) is 38.8 Å². The van der Waals surface area contributed by atoms with Crippen molar-refractivity contribution in [2.45, 2.75) is 50.1 Å². The molecule has 1 aliphatic rings. The van der Waals surface area contributed by atoms with Crippen LogP contribution in [0.1, 0.15) is 31.0 Å². The van der Waals surface area contributed by atoms with Gasteiger partial charge in [0.05, 0.1) is 17.9 Å². The van der Waals surface area contributed by atoms with Crippen LogP contribution < -0.4 is 4.72 Å². The topological polar surface area (TPSA) is 77.4 Å². The van der Waals surface area contributed by atoms with Crippen molar-refractivity contribution < 1.29 is 22.3 Å². The third-order valence-corrected chi connectivity index (χ3v) is 7.20. The Labute approximate surface area is 181 Å². The number of aromatic nitrogens is 1. The van der Waals surface area contributed by atoms with E-state index in [-0.39, 0.29) is 16.9 Å². The van der Waals surface area contributed by atoms with Gasteiger partial charge in [0.2, 0.25) is 10.0 Å². The summed E-state index contributed by atoms with van der Waals surface area (Å²) >= 11 is 0. The molecule has 1 heterocycles. The first-order valence-corrected chi connectivity index (χ1v) is 11.9. The number of hydrogen-bond donors (Lipinski definition) is 1. The number of nitrogens with zero attached hydrogens (tertiary/aromatic N) is 1. The molecule has 0 radical (unpaired) electrons. The van der Waals surface area contributed by atoms with Crippen LogP contribution >= 0.6 is 0 Å². The molecular formula is C23H25FN2O4S. The number of rotatable bonds is 7. The van der Waals surface area contributed by atoms with Crippen molar-refractivity contribution in [1.82, 2.24) is 9.29 Å². The van der Waals surface area contributed by atoms with Gasteiger partial charge in [0.1, 0.15) is 5.82 Å². The Morgan fingerprint density at radius 2 is 1.94 bits per heavy atom. The Bertz CT molecular complexity index is 1200. The van der Waals surface area contributed by atoms with Gasteiger partial charge in [0.15, 0.2) is 0 Å². The van der Waals surface area contributed by atoms with E-state index < -0.39 is 15.8 Å².